The number of piperidine rings is 1. The van der Waals surface area contributed by atoms with Crippen molar-refractivity contribution in [3.8, 4) is 5.75 Å². The lowest BCUT2D eigenvalue weighted by Crippen LogP contribution is -2.59. The summed E-state index contributed by atoms with van der Waals surface area (Å²) in [4.78, 5) is 14.1. The molecular formula is C20H25NO3. The number of phenols is 1. The van der Waals surface area contributed by atoms with Gasteiger partial charge in [-0.15, -0.1) is 0 Å². The molecule has 2 fully saturated rings. The number of hydrogen-bond acceptors (Lipinski definition) is 4. The third-order valence-corrected chi connectivity index (χ3v) is 6.58. The van der Waals surface area contributed by atoms with Crippen molar-refractivity contribution < 1.29 is 14.6 Å². The number of hydrogen-bond donors (Lipinski definition) is 1. The quantitative estimate of drug-likeness (QED) is 0.670. The molecule has 0 saturated carbocycles. The van der Waals surface area contributed by atoms with E-state index in [0.29, 0.717) is 29.7 Å². The van der Waals surface area contributed by atoms with Gasteiger partial charge in [-0.3, -0.25) is 4.90 Å². The predicted octanol–water partition coefficient (Wildman–Crippen LogP) is 2.79. The number of likely N-dealkylation sites (tertiary alicyclic amines) is 1. The standard InChI is InChI=1S/C20H25NO3/c1-12-8-16(24-19(12)23)11-21-7-6-20(3)13(2)18(21)9-14-4-5-15(22)10-17(14)20/h4-5,10,13,16,18,22H,1,6-9,11H2,2-3H3/t13-,16+,18+,20+/m0/s1. The molecule has 4 nitrogen and oxygen atoms in total. The number of ether oxygens (including phenoxy) is 1. The third-order valence-electron chi connectivity index (χ3n) is 6.58. The van der Waals surface area contributed by atoms with Gasteiger partial charge in [-0.2, -0.15) is 0 Å². The fourth-order valence-corrected chi connectivity index (χ4v) is 4.92. The summed E-state index contributed by atoms with van der Waals surface area (Å²) in [7, 11) is 0. The van der Waals surface area contributed by atoms with E-state index in [-0.39, 0.29) is 17.5 Å². The number of carbonyl (C=O) groups is 1. The lowest BCUT2D eigenvalue weighted by Gasteiger charge is -2.55. The minimum absolute atomic E-state index is 0.0530. The Morgan fingerprint density at radius 1 is 1.42 bits per heavy atom. The van der Waals surface area contributed by atoms with Gasteiger partial charge in [0.1, 0.15) is 11.9 Å². The maximum atomic E-state index is 11.6. The van der Waals surface area contributed by atoms with Crippen LogP contribution in [0.1, 0.15) is 37.8 Å². The SMILES string of the molecule is C=C1C[C@H](CN2CC[C@@]3(C)c4cc(O)ccc4C[C@@H]2[C@@H]3C)OC1=O. The van der Waals surface area contributed by atoms with Gasteiger partial charge in [-0.1, -0.05) is 26.5 Å². The molecule has 128 valence electrons. The Hall–Kier alpha value is -1.81. The van der Waals surface area contributed by atoms with E-state index in [9.17, 15) is 9.90 Å². The first-order valence-corrected chi connectivity index (χ1v) is 8.83. The molecule has 4 rings (SSSR count). The summed E-state index contributed by atoms with van der Waals surface area (Å²) in [6.45, 7) is 10.2. The van der Waals surface area contributed by atoms with Crippen molar-refractivity contribution >= 4 is 5.97 Å². The maximum Gasteiger partial charge on any atom is 0.333 e. The first-order chi connectivity index (χ1) is 11.4. The molecule has 0 spiro atoms. The largest absolute Gasteiger partial charge is 0.508 e. The van der Waals surface area contributed by atoms with Crippen molar-refractivity contribution in [2.75, 3.05) is 13.1 Å². The molecule has 0 radical (unpaired) electrons. The summed E-state index contributed by atoms with van der Waals surface area (Å²) in [5, 5.41) is 9.91. The molecule has 1 aromatic rings. The Bertz CT molecular complexity index is 697. The number of phenolic OH excluding ortho intramolecular Hbond substituents is 1. The first kappa shape index (κ1) is 15.7. The summed E-state index contributed by atoms with van der Waals surface area (Å²) in [6.07, 6.45) is 2.65. The Kier molecular flexibility index (Phi) is 3.50. The second-order valence-corrected chi connectivity index (χ2v) is 7.90. The maximum absolute atomic E-state index is 11.6. The molecule has 2 saturated heterocycles. The predicted molar refractivity (Wildman–Crippen MR) is 91.9 cm³/mol. The molecular weight excluding hydrogens is 302 g/mol. The molecule has 0 amide bonds. The second-order valence-electron chi connectivity index (χ2n) is 7.90. The molecule has 4 heteroatoms. The lowest BCUT2D eigenvalue weighted by atomic mass is 9.59. The van der Waals surface area contributed by atoms with Crippen molar-refractivity contribution in [2.45, 2.75) is 50.7 Å². The van der Waals surface area contributed by atoms with Crippen LogP contribution in [0.2, 0.25) is 0 Å². The molecule has 2 bridgehead atoms. The average molecular weight is 327 g/mol. The smallest absolute Gasteiger partial charge is 0.333 e. The molecule has 3 aliphatic rings. The molecule has 4 atom stereocenters. The number of nitrogens with zero attached hydrogens (tertiary/aromatic N) is 1. The highest BCUT2D eigenvalue weighted by Gasteiger charge is 2.49. The minimum atomic E-state index is -0.237. The summed E-state index contributed by atoms with van der Waals surface area (Å²) in [5.74, 6) is 0.625. The van der Waals surface area contributed by atoms with Gasteiger partial charge in [0, 0.05) is 24.6 Å². The molecule has 1 aliphatic carbocycles. The zero-order chi connectivity index (χ0) is 17.1. The minimum Gasteiger partial charge on any atom is -0.508 e. The van der Waals surface area contributed by atoms with E-state index in [2.05, 4.69) is 31.4 Å². The molecule has 2 aliphatic heterocycles. The first-order valence-electron chi connectivity index (χ1n) is 8.83. The zero-order valence-corrected chi connectivity index (χ0v) is 14.4. The molecule has 1 aromatic carbocycles. The van der Waals surface area contributed by atoms with Crippen LogP contribution < -0.4 is 0 Å². The van der Waals surface area contributed by atoms with Crippen molar-refractivity contribution in [1.82, 2.24) is 4.90 Å². The molecule has 0 unspecified atom stereocenters. The highest BCUT2D eigenvalue weighted by atomic mass is 16.5. The van der Waals surface area contributed by atoms with Crippen LogP contribution in [-0.2, 0) is 21.4 Å². The number of carbonyl (C=O) groups excluding carboxylic acids is 1. The van der Waals surface area contributed by atoms with Crippen LogP contribution in [0.25, 0.3) is 0 Å². The number of fused-ring (bicyclic) bond motifs is 4. The Morgan fingerprint density at radius 2 is 2.21 bits per heavy atom. The van der Waals surface area contributed by atoms with Crippen molar-refractivity contribution in [3.63, 3.8) is 0 Å². The van der Waals surface area contributed by atoms with Gasteiger partial charge in [-0.05, 0) is 54.0 Å². The second kappa shape index (κ2) is 5.35. The highest BCUT2D eigenvalue weighted by Crippen LogP contribution is 2.49. The fraction of sp³-hybridized carbons (Fsp3) is 0.550. The number of aromatic hydroxyl groups is 1. The summed E-state index contributed by atoms with van der Waals surface area (Å²) in [6, 6.07) is 6.28. The number of esters is 1. The van der Waals surface area contributed by atoms with Crippen LogP contribution in [0.5, 0.6) is 5.75 Å². The van der Waals surface area contributed by atoms with Gasteiger partial charge in [0.15, 0.2) is 0 Å². The van der Waals surface area contributed by atoms with Crippen molar-refractivity contribution in [2.24, 2.45) is 5.92 Å². The van der Waals surface area contributed by atoms with Crippen LogP contribution in [0.3, 0.4) is 0 Å². The fourth-order valence-electron chi connectivity index (χ4n) is 4.92. The van der Waals surface area contributed by atoms with Crippen molar-refractivity contribution in [3.05, 3.63) is 41.5 Å². The molecule has 0 aromatic heterocycles. The molecule has 2 heterocycles. The summed E-state index contributed by atoms with van der Waals surface area (Å²) < 4.78 is 5.45. The topological polar surface area (TPSA) is 49.8 Å². The van der Waals surface area contributed by atoms with Gasteiger partial charge in [0.25, 0.3) is 0 Å². The van der Waals surface area contributed by atoms with Crippen LogP contribution in [0, 0.1) is 5.92 Å². The summed E-state index contributed by atoms with van der Waals surface area (Å²) >= 11 is 0. The Morgan fingerprint density at radius 3 is 2.92 bits per heavy atom. The van der Waals surface area contributed by atoms with Crippen LogP contribution >= 0.6 is 0 Å². The van der Waals surface area contributed by atoms with Crippen LogP contribution in [0.15, 0.2) is 30.4 Å². The van der Waals surface area contributed by atoms with Gasteiger partial charge >= 0.3 is 5.97 Å². The summed E-state index contributed by atoms with van der Waals surface area (Å²) in [5.41, 5.74) is 3.35. The van der Waals surface area contributed by atoms with Crippen molar-refractivity contribution in [1.29, 1.82) is 0 Å². The van der Waals surface area contributed by atoms with E-state index in [1.54, 1.807) is 6.07 Å². The van der Waals surface area contributed by atoms with E-state index >= 15 is 0 Å². The van der Waals surface area contributed by atoms with Crippen LogP contribution in [0.4, 0.5) is 0 Å². The number of rotatable bonds is 2. The van der Waals surface area contributed by atoms with E-state index in [1.165, 1.54) is 11.1 Å². The van der Waals surface area contributed by atoms with Gasteiger partial charge in [0.05, 0.1) is 0 Å². The zero-order valence-electron chi connectivity index (χ0n) is 14.4. The van der Waals surface area contributed by atoms with Gasteiger partial charge in [-0.25, -0.2) is 4.79 Å². The monoisotopic (exact) mass is 327 g/mol. The highest BCUT2D eigenvalue weighted by molar-refractivity contribution is 5.89. The lowest BCUT2D eigenvalue weighted by molar-refractivity contribution is -0.140. The van der Waals surface area contributed by atoms with Gasteiger partial charge in [0.2, 0.25) is 0 Å². The number of cyclic esters (lactones) is 1. The van der Waals surface area contributed by atoms with E-state index in [1.807, 2.05) is 6.07 Å². The Balaban J connectivity index is 1.60. The normalized spacial score (nSPS) is 35.7. The third kappa shape index (κ3) is 2.27. The van der Waals surface area contributed by atoms with E-state index < -0.39 is 0 Å². The molecule has 1 N–H and O–H groups in total. The van der Waals surface area contributed by atoms with Gasteiger partial charge < -0.3 is 9.84 Å². The molecule has 24 heavy (non-hydrogen) atoms. The van der Waals surface area contributed by atoms with Crippen LogP contribution in [-0.4, -0.2) is 41.2 Å². The average Bonchev–Trinajstić information content (AvgIpc) is 2.85. The Labute approximate surface area is 143 Å². The van der Waals surface area contributed by atoms with E-state index in [4.69, 9.17) is 4.74 Å². The number of benzene rings is 1. The van der Waals surface area contributed by atoms with E-state index in [0.717, 1.165) is 25.9 Å².